The van der Waals surface area contributed by atoms with Crippen LogP contribution in [0, 0.1) is 5.92 Å². The van der Waals surface area contributed by atoms with Crippen molar-refractivity contribution < 1.29 is 4.79 Å². The van der Waals surface area contributed by atoms with Crippen LogP contribution in [-0.4, -0.2) is 16.9 Å². The molecular formula is C12H19N3O. The molecule has 1 unspecified atom stereocenters. The maximum atomic E-state index is 11.8. The Morgan fingerprint density at radius 2 is 2.19 bits per heavy atom. The van der Waals surface area contributed by atoms with Gasteiger partial charge in [-0.05, 0) is 31.4 Å². The zero-order valence-electron chi connectivity index (χ0n) is 10.0. The smallest absolute Gasteiger partial charge is 0.272 e. The molecular weight excluding hydrogens is 202 g/mol. The molecule has 0 aromatic carbocycles. The number of pyridine rings is 1. The van der Waals surface area contributed by atoms with E-state index >= 15 is 0 Å². The minimum Gasteiger partial charge on any atom is -0.397 e. The summed E-state index contributed by atoms with van der Waals surface area (Å²) < 4.78 is 0. The minimum absolute atomic E-state index is 0.133. The van der Waals surface area contributed by atoms with E-state index in [0.717, 1.165) is 6.42 Å². The Labute approximate surface area is 96.3 Å². The van der Waals surface area contributed by atoms with Crippen LogP contribution in [0.15, 0.2) is 18.3 Å². The lowest BCUT2D eigenvalue weighted by molar-refractivity contribution is 0.0932. The molecule has 1 atom stereocenters. The number of carbonyl (C=O) groups is 1. The molecule has 0 saturated carbocycles. The SMILES string of the molecule is CC(C)CC(C)NC(=O)c1ncccc1N. The zero-order chi connectivity index (χ0) is 12.1. The van der Waals surface area contributed by atoms with Crippen LogP contribution in [0.2, 0.25) is 0 Å². The number of nitrogens with zero attached hydrogens (tertiary/aromatic N) is 1. The molecule has 0 spiro atoms. The van der Waals surface area contributed by atoms with E-state index in [1.54, 1.807) is 18.3 Å². The highest BCUT2D eigenvalue weighted by molar-refractivity contribution is 5.97. The minimum atomic E-state index is -0.203. The highest BCUT2D eigenvalue weighted by atomic mass is 16.1. The predicted octanol–water partition coefficient (Wildman–Crippen LogP) is 1.83. The molecule has 0 radical (unpaired) electrons. The highest BCUT2D eigenvalue weighted by Crippen LogP contribution is 2.09. The molecule has 0 saturated heterocycles. The first-order valence-corrected chi connectivity index (χ1v) is 5.52. The molecule has 1 heterocycles. The Hall–Kier alpha value is -1.58. The molecule has 1 aromatic heterocycles. The van der Waals surface area contributed by atoms with Gasteiger partial charge in [0.15, 0.2) is 5.69 Å². The molecule has 1 aromatic rings. The monoisotopic (exact) mass is 221 g/mol. The van der Waals surface area contributed by atoms with Crippen LogP contribution in [-0.2, 0) is 0 Å². The third kappa shape index (κ3) is 3.53. The Bertz CT molecular complexity index is 363. The van der Waals surface area contributed by atoms with Gasteiger partial charge < -0.3 is 11.1 Å². The van der Waals surface area contributed by atoms with Gasteiger partial charge in [-0.3, -0.25) is 4.79 Å². The van der Waals surface area contributed by atoms with Crippen molar-refractivity contribution in [2.24, 2.45) is 5.92 Å². The first kappa shape index (κ1) is 12.5. The summed E-state index contributed by atoms with van der Waals surface area (Å²) in [5.74, 6) is 0.350. The third-order valence-electron chi connectivity index (χ3n) is 2.26. The van der Waals surface area contributed by atoms with Gasteiger partial charge in [-0.25, -0.2) is 4.98 Å². The number of nitrogens with one attached hydrogen (secondary N) is 1. The fourth-order valence-electron chi connectivity index (χ4n) is 1.67. The molecule has 1 rings (SSSR count). The molecule has 0 bridgehead atoms. The number of rotatable bonds is 4. The van der Waals surface area contributed by atoms with Gasteiger partial charge in [-0.15, -0.1) is 0 Å². The van der Waals surface area contributed by atoms with Gasteiger partial charge >= 0.3 is 0 Å². The number of nitrogens with two attached hydrogens (primary N) is 1. The molecule has 3 N–H and O–H groups in total. The van der Waals surface area contributed by atoms with Gasteiger partial charge in [0.25, 0.3) is 5.91 Å². The molecule has 0 aliphatic carbocycles. The van der Waals surface area contributed by atoms with Crippen molar-refractivity contribution >= 4 is 11.6 Å². The quantitative estimate of drug-likeness (QED) is 0.815. The molecule has 0 aliphatic rings. The number of nitrogen functional groups attached to an aromatic ring is 1. The van der Waals surface area contributed by atoms with Gasteiger partial charge in [0, 0.05) is 12.2 Å². The van der Waals surface area contributed by atoms with E-state index < -0.39 is 0 Å². The van der Waals surface area contributed by atoms with Gasteiger partial charge in [0.05, 0.1) is 5.69 Å². The van der Waals surface area contributed by atoms with Crippen molar-refractivity contribution in [2.75, 3.05) is 5.73 Å². The summed E-state index contributed by atoms with van der Waals surface area (Å²) in [7, 11) is 0. The van der Waals surface area contributed by atoms with Crippen LogP contribution >= 0.6 is 0 Å². The average Bonchev–Trinajstić information content (AvgIpc) is 2.16. The fraction of sp³-hybridized carbons (Fsp3) is 0.500. The summed E-state index contributed by atoms with van der Waals surface area (Å²) in [6.07, 6.45) is 2.51. The van der Waals surface area contributed by atoms with Crippen LogP contribution in [0.5, 0.6) is 0 Å². The van der Waals surface area contributed by atoms with Crippen LogP contribution in [0.3, 0.4) is 0 Å². The van der Waals surface area contributed by atoms with Crippen LogP contribution in [0.4, 0.5) is 5.69 Å². The maximum Gasteiger partial charge on any atom is 0.272 e. The first-order valence-electron chi connectivity index (χ1n) is 5.52. The molecule has 0 fully saturated rings. The van der Waals surface area contributed by atoms with Gasteiger partial charge in [0.2, 0.25) is 0 Å². The molecule has 88 valence electrons. The lowest BCUT2D eigenvalue weighted by Crippen LogP contribution is -2.34. The fourth-order valence-corrected chi connectivity index (χ4v) is 1.67. The number of hydrogen-bond acceptors (Lipinski definition) is 3. The number of aromatic nitrogens is 1. The topological polar surface area (TPSA) is 68.0 Å². The van der Waals surface area contributed by atoms with E-state index in [1.807, 2.05) is 6.92 Å². The summed E-state index contributed by atoms with van der Waals surface area (Å²) in [5, 5.41) is 2.89. The highest BCUT2D eigenvalue weighted by Gasteiger charge is 2.14. The second-order valence-electron chi connectivity index (χ2n) is 4.45. The van der Waals surface area contributed by atoms with Gasteiger partial charge in [-0.1, -0.05) is 13.8 Å². The number of anilines is 1. The normalized spacial score (nSPS) is 12.5. The lowest BCUT2D eigenvalue weighted by atomic mass is 10.1. The summed E-state index contributed by atoms with van der Waals surface area (Å²) in [6.45, 7) is 6.23. The van der Waals surface area contributed by atoms with Crippen molar-refractivity contribution in [2.45, 2.75) is 33.2 Å². The largest absolute Gasteiger partial charge is 0.397 e. The van der Waals surface area contributed by atoms with Crippen molar-refractivity contribution in [3.05, 3.63) is 24.0 Å². The van der Waals surface area contributed by atoms with Crippen LogP contribution < -0.4 is 11.1 Å². The van der Waals surface area contributed by atoms with Crippen molar-refractivity contribution in [3.8, 4) is 0 Å². The zero-order valence-corrected chi connectivity index (χ0v) is 10.0. The Morgan fingerprint density at radius 3 is 2.75 bits per heavy atom. The van der Waals surface area contributed by atoms with E-state index in [4.69, 9.17) is 5.73 Å². The van der Waals surface area contributed by atoms with E-state index in [-0.39, 0.29) is 11.9 Å². The summed E-state index contributed by atoms with van der Waals surface area (Å²) >= 11 is 0. The van der Waals surface area contributed by atoms with Crippen molar-refractivity contribution in [1.29, 1.82) is 0 Å². The first-order chi connectivity index (χ1) is 7.50. The molecule has 4 nitrogen and oxygen atoms in total. The Morgan fingerprint density at radius 1 is 1.50 bits per heavy atom. The maximum absolute atomic E-state index is 11.8. The summed E-state index contributed by atoms with van der Waals surface area (Å²) in [5.41, 5.74) is 6.39. The summed E-state index contributed by atoms with van der Waals surface area (Å²) in [4.78, 5) is 15.8. The Balaban J connectivity index is 2.63. The Kier molecular flexibility index (Phi) is 4.28. The van der Waals surface area contributed by atoms with Gasteiger partial charge in [-0.2, -0.15) is 0 Å². The molecule has 4 heteroatoms. The van der Waals surface area contributed by atoms with E-state index in [9.17, 15) is 4.79 Å². The lowest BCUT2D eigenvalue weighted by Gasteiger charge is -2.15. The standard InChI is InChI=1S/C12H19N3O/c1-8(2)7-9(3)15-12(16)11-10(13)5-4-6-14-11/h4-6,8-9H,7,13H2,1-3H3,(H,15,16). The van der Waals surface area contributed by atoms with E-state index in [2.05, 4.69) is 24.1 Å². The van der Waals surface area contributed by atoms with Crippen molar-refractivity contribution in [1.82, 2.24) is 10.3 Å². The molecule has 16 heavy (non-hydrogen) atoms. The van der Waals surface area contributed by atoms with Crippen LogP contribution in [0.25, 0.3) is 0 Å². The molecule has 1 amide bonds. The second-order valence-corrected chi connectivity index (χ2v) is 4.45. The molecule has 0 aliphatic heterocycles. The van der Waals surface area contributed by atoms with Gasteiger partial charge in [0.1, 0.15) is 0 Å². The predicted molar refractivity (Wildman–Crippen MR) is 65.0 cm³/mol. The summed E-state index contributed by atoms with van der Waals surface area (Å²) in [6, 6.07) is 3.52. The number of carbonyl (C=O) groups excluding carboxylic acids is 1. The van der Waals surface area contributed by atoms with E-state index in [1.165, 1.54) is 0 Å². The number of hydrogen-bond donors (Lipinski definition) is 2. The second kappa shape index (κ2) is 5.49. The number of amides is 1. The van der Waals surface area contributed by atoms with Crippen LogP contribution in [0.1, 0.15) is 37.7 Å². The third-order valence-corrected chi connectivity index (χ3v) is 2.26. The average molecular weight is 221 g/mol. The van der Waals surface area contributed by atoms with Crippen molar-refractivity contribution in [3.63, 3.8) is 0 Å². The van der Waals surface area contributed by atoms with E-state index in [0.29, 0.717) is 17.3 Å².